The van der Waals surface area contributed by atoms with Crippen LogP contribution in [-0.4, -0.2) is 16.7 Å². The van der Waals surface area contributed by atoms with Gasteiger partial charge in [0.2, 0.25) is 0 Å². The Kier molecular flexibility index (Phi) is 2.71. The average Bonchev–Trinajstić information content (AvgIpc) is 2.51. The summed E-state index contributed by atoms with van der Waals surface area (Å²) in [7, 11) is 1.69. The minimum Gasteiger partial charge on any atom is -0.408 e. The molecule has 92 valence electrons. The lowest BCUT2D eigenvalue weighted by Crippen LogP contribution is -2.39. The average molecular weight is 235 g/mol. The third-order valence-electron chi connectivity index (χ3n) is 2.54. The molecule has 0 spiro atoms. The first-order valence-electron chi connectivity index (χ1n) is 5.49. The van der Waals surface area contributed by atoms with Gasteiger partial charge in [0.25, 0.3) is 0 Å². The van der Waals surface area contributed by atoms with Gasteiger partial charge in [-0.25, -0.2) is 4.79 Å². The standard InChI is InChI=1S/C12H17N3O2/c1-12(2,13)7-14-8-4-5-10-9(6-8)15(3)11(16)17-10/h4-6,14H,7,13H2,1-3H3. The van der Waals surface area contributed by atoms with Crippen molar-refractivity contribution >= 4 is 16.8 Å². The van der Waals surface area contributed by atoms with Gasteiger partial charge in [-0.2, -0.15) is 0 Å². The van der Waals surface area contributed by atoms with Crippen LogP contribution >= 0.6 is 0 Å². The van der Waals surface area contributed by atoms with Crippen molar-refractivity contribution in [1.82, 2.24) is 4.57 Å². The number of anilines is 1. The van der Waals surface area contributed by atoms with Crippen LogP contribution in [0, 0.1) is 0 Å². The van der Waals surface area contributed by atoms with Crippen LogP contribution in [0.15, 0.2) is 27.4 Å². The van der Waals surface area contributed by atoms with Crippen LogP contribution in [0.1, 0.15) is 13.8 Å². The van der Waals surface area contributed by atoms with Gasteiger partial charge in [0.1, 0.15) is 0 Å². The highest BCUT2D eigenvalue weighted by Gasteiger charge is 2.11. The fourth-order valence-electron chi connectivity index (χ4n) is 1.57. The highest BCUT2D eigenvalue weighted by molar-refractivity contribution is 5.77. The number of nitrogens with two attached hydrogens (primary N) is 1. The minimum atomic E-state index is -0.351. The lowest BCUT2D eigenvalue weighted by atomic mass is 10.1. The molecule has 0 fully saturated rings. The molecule has 2 rings (SSSR count). The van der Waals surface area contributed by atoms with Gasteiger partial charge in [0.15, 0.2) is 5.58 Å². The van der Waals surface area contributed by atoms with E-state index in [2.05, 4.69) is 5.32 Å². The van der Waals surface area contributed by atoms with E-state index in [0.29, 0.717) is 12.1 Å². The van der Waals surface area contributed by atoms with Crippen molar-refractivity contribution in [3.05, 3.63) is 28.7 Å². The lowest BCUT2D eigenvalue weighted by molar-refractivity contribution is 0.528. The van der Waals surface area contributed by atoms with Crippen molar-refractivity contribution in [2.24, 2.45) is 12.8 Å². The first-order valence-corrected chi connectivity index (χ1v) is 5.49. The summed E-state index contributed by atoms with van der Waals surface area (Å²) in [5.41, 5.74) is 7.90. The fourth-order valence-corrected chi connectivity index (χ4v) is 1.57. The van der Waals surface area contributed by atoms with Crippen molar-refractivity contribution in [3.63, 3.8) is 0 Å². The van der Waals surface area contributed by atoms with Crippen LogP contribution in [0.2, 0.25) is 0 Å². The van der Waals surface area contributed by atoms with Crippen molar-refractivity contribution in [3.8, 4) is 0 Å². The van der Waals surface area contributed by atoms with E-state index in [-0.39, 0.29) is 11.3 Å². The van der Waals surface area contributed by atoms with E-state index < -0.39 is 0 Å². The van der Waals surface area contributed by atoms with Crippen LogP contribution in [0.4, 0.5) is 5.69 Å². The maximum Gasteiger partial charge on any atom is 0.419 e. The van der Waals surface area contributed by atoms with Gasteiger partial charge in [-0.3, -0.25) is 4.57 Å². The van der Waals surface area contributed by atoms with Gasteiger partial charge in [-0.1, -0.05) is 0 Å². The number of fused-ring (bicyclic) bond motifs is 1. The Morgan fingerprint density at radius 2 is 2.18 bits per heavy atom. The predicted octanol–water partition coefficient (Wildman–Crippen LogP) is 1.28. The molecule has 0 aliphatic carbocycles. The third-order valence-corrected chi connectivity index (χ3v) is 2.54. The molecule has 0 radical (unpaired) electrons. The number of benzene rings is 1. The molecule has 17 heavy (non-hydrogen) atoms. The zero-order valence-electron chi connectivity index (χ0n) is 10.3. The Labute approximate surface area is 99.2 Å². The van der Waals surface area contributed by atoms with E-state index in [4.69, 9.17) is 10.2 Å². The molecule has 5 heteroatoms. The molecule has 0 saturated heterocycles. The molecule has 0 aliphatic heterocycles. The molecule has 1 heterocycles. The Morgan fingerprint density at radius 3 is 2.82 bits per heavy atom. The van der Waals surface area contributed by atoms with Crippen LogP contribution in [0.5, 0.6) is 0 Å². The summed E-state index contributed by atoms with van der Waals surface area (Å²) in [5.74, 6) is -0.351. The number of hydrogen-bond acceptors (Lipinski definition) is 4. The van der Waals surface area contributed by atoms with E-state index in [1.165, 1.54) is 4.57 Å². The molecule has 3 N–H and O–H groups in total. The number of hydrogen-bond donors (Lipinski definition) is 2. The summed E-state index contributed by atoms with van der Waals surface area (Å²) in [6, 6.07) is 5.53. The monoisotopic (exact) mass is 235 g/mol. The molecule has 0 unspecified atom stereocenters. The van der Waals surface area contributed by atoms with E-state index in [1.807, 2.05) is 26.0 Å². The maximum absolute atomic E-state index is 11.3. The summed E-state index contributed by atoms with van der Waals surface area (Å²) < 4.78 is 6.53. The van der Waals surface area contributed by atoms with Crippen LogP contribution in [0.3, 0.4) is 0 Å². The first-order chi connectivity index (χ1) is 7.87. The molecule has 2 aromatic rings. The number of aromatic nitrogens is 1. The van der Waals surface area contributed by atoms with Crippen molar-refractivity contribution in [2.45, 2.75) is 19.4 Å². The van der Waals surface area contributed by atoms with E-state index in [1.54, 1.807) is 13.1 Å². The van der Waals surface area contributed by atoms with Crippen molar-refractivity contribution in [1.29, 1.82) is 0 Å². The van der Waals surface area contributed by atoms with Crippen molar-refractivity contribution in [2.75, 3.05) is 11.9 Å². The molecule has 0 amide bonds. The minimum absolute atomic E-state index is 0.281. The SMILES string of the molecule is Cn1c(=O)oc2ccc(NCC(C)(C)N)cc21. The van der Waals surface area contributed by atoms with E-state index in [0.717, 1.165) is 11.2 Å². The highest BCUT2D eigenvalue weighted by atomic mass is 16.4. The van der Waals surface area contributed by atoms with Crippen LogP contribution in [-0.2, 0) is 7.05 Å². The molecule has 0 bridgehead atoms. The predicted molar refractivity (Wildman–Crippen MR) is 68.2 cm³/mol. The van der Waals surface area contributed by atoms with Crippen molar-refractivity contribution < 1.29 is 4.42 Å². The van der Waals surface area contributed by atoms with Gasteiger partial charge < -0.3 is 15.5 Å². The lowest BCUT2D eigenvalue weighted by Gasteiger charge is -2.19. The number of aryl methyl sites for hydroxylation is 1. The summed E-state index contributed by atoms with van der Waals surface area (Å²) >= 11 is 0. The second kappa shape index (κ2) is 3.92. The Bertz CT molecular complexity index is 590. The summed E-state index contributed by atoms with van der Waals surface area (Å²) in [6.45, 7) is 4.56. The molecule has 0 saturated carbocycles. The number of rotatable bonds is 3. The number of nitrogens with zero attached hydrogens (tertiary/aromatic N) is 1. The third kappa shape index (κ3) is 2.50. The van der Waals surface area contributed by atoms with Gasteiger partial charge >= 0.3 is 5.76 Å². The second-order valence-corrected chi connectivity index (χ2v) is 4.95. The topological polar surface area (TPSA) is 73.2 Å². The van der Waals surface area contributed by atoms with Gasteiger partial charge in [-0.05, 0) is 32.0 Å². The number of oxazole rings is 1. The normalized spacial score (nSPS) is 12.0. The molecule has 5 nitrogen and oxygen atoms in total. The molecular formula is C12H17N3O2. The first kappa shape index (κ1) is 11.7. The van der Waals surface area contributed by atoms with Gasteiger partial charge in [0.05, 0.1) is 5.52 Å². The van der Waals surface area contributed by atoms with E-state index >= 15 is 0 Å². The Morgan fingerprint density at radius 1 is 1.47 bits per heavy atom. The molecule has 1 aromatic heterocycles. The smallest absolute Gasteiger partial charge is 0.408 e. The largest absolute Gasteiger partial charge is 0.419 e. The summed E-state index contributed by atoms with van der Waals surface area (Å²) in [4.78, 5) is 11.3. The highest BCUT2D eigenvalue weighted by Crippen LogP contribution is 2.18. The van der Waals surface area contributed by atoms with E-state index in [9.17, 15) is 4.79 Å². The second-order valence-electron chi connectivity index (χ2n) is 4.95. The zero-order valence-corrected chi connectivity index (χ0v) is 10.3. The molecule has 1 aromatic carbocycles. The number of nitrogens with one attached hydrogen (secondary N) is 1. The van der Waals surface area contributed by atoms with Crippen LogP contribution < -0.4 is 16.8 Å². The molecular weight excluding hydrogens is 218 g/mol. The Balaban J connectivity index is 2.31. The maximum atomic E-state index is 11.3. The van der Waals surface area contributed by atoms with Crippen LogP contribution in [0.25, 0.3) is 11.1 Å². The van der Waals surface area contributed by atoms with Gasteiger partial charge in [-0.15, -0.1) is 0 Å². The fraction of sp³-hybridized carbons (Fsp3) is 0.417. The molecule has 0 aliphatic rings. The van der Waals surface area contributed by atoms with Gasteiger partial charge in [0, 0.05) is 24.8 Å². The zero-order chi connectivity index (χ0) is 12.6. The summed E-state index contributed by atoms with van der Waals surface area (Å²) in [6.07, 6.45) is 0. The summed E-state index contributed by atoms with van der Waals surface area (Å²) in [5, 5.41) is 3.23. The Hall–Kier alpha value is -1.75. The quantitative estimate of drug-likeness (QED) is 0.840. The molecule has 0 atom stereocenters.